The van der Waals surface area contributed by atoms with E-state index in [1.807, 2.05) is 13.8 Å². The molecule has 0 fully saturated rings. The van der Waals surface area contributed by atoms with E-state index in [1.165, 1.54) is 0 Å². The highest BCUT2D eigenvalue weighted by Crippen LogP contribution is 2.13. The summed E-state index contributed by atoms with van der Waals surface area (Å²) in [5.41, 5.74) is 0. The Bertz CT molecular complexity index is 361. The van der Waals surface area contributed by atoms with E-state index in [-0.39, 0.29) is 0 Å². The van der Waals surface area contributed by atoms with Gasteiger partial charge in [0.1, 0.15) is 18.2 Å². The Morgan fingerprint density at radius 3 is 2.79 bits per heavy atom. The fraction of sp³-hybridized carbons (Fsp3) is 0.692. The van der Waals surface area contributed by atoms with Gasteiger partial charge in [0.2, 0.25) is 5.88 Å². The molecule has 0 amide bonds. The minimum atomic E-state index is 0.483. The highest BCUT2D eigenvalue weighted by atomic mass is 16.5. The maximum absolute atomic E-state index is 5.47. The average molecular weight is 269 g/mol. The summed E-state index contributed by atoms with van der Waals surface area (Å²) in [6, 6.07) is 1.79. The van der Waals surface area contributed by atoms with E-state index in [9.17, 15) is 0 Å². The summed E-state index contributed by atoms with van der Waals surface area (Å²) in [5.74, 6) is 2.02. The van der Waals surface area contributed by atoms with E-state index in [0.717, 1.165) is 32.0 Å². The first-order valence-corrected chi connectivity index (χ1v) is 6.55. The molecule has 0 spiro atoms. The molecule has 0 unspecified atom stereocenters. The molecule has 0 aliphatic carbocycles. The number of nitrogens with one attached hydrogen (secondary N) is 1. The van der Waals surface area contributed by atoms with Crippen molar-refractivity contribution in [1.82, 2.24) is 9.97 Å². The van der Waals surface area contributed by atoms with Gasteiger partial charge < -0.3 is 19.5 Å². The van der Waals surface area contributed by atoms with Crippen LogP contribution in [0, 0.1) is 6.92 Å². The van der Waals surface area contributed by atoms with E-state index < -0.39 is 0 Å². The lowest BCUT2D eigenvalue weighted by Gasteiger charge is -2.09. The molecule has 0 aromatic carbocycles. The molecule has 108 valence electrons. The molecule has 0 bridgehead atoms. The Morgan fingerprint density at radius 2 is 2.05 bits per heavy atom. The molecule has 0 aliphatic rings. The van der Waals surface area contributed by atoms with Gasteiger partial charge in [-0.1, -0.05) is 0 Å². The number of aromatic nitrogens is 2. The third-order valence-electron chi connectivity index (χ3n) is 2.33. The molecule has 0 atom stereocenters. The van der Waals surface area contributed by atoms with Crippen molar-refractivity contribution in [3.8, 4) is 5.88 Å². The van der Waals surface area contributed by atoms with Crippen molar-refractivity contribution in [2.75, 3.05) is 45.4 Å². The second-order valence-corrected chi connectivity index (χ2v) is 3.96. The molecule has 1 heterocycles. The molecular weight excluding hydrogens is 246 g/mol. The van der Waals surface area contributed by atoms with Gasteiger partial charge in [0.15, 0.2) is 0 Å². The van der Waals surface area contributed by atoms with Crippen molar-refractivity contribution < 1.29 is 14.2 Å². The maximum atomic E-state index is 5.47. The van der Waals surface area contributed by atoms with Crippen LogP contribution < -0.4 is 10.1 Å². The molecule has 19 heavy (non-hydrogen) atoms. The molecule has 6 nitrogen and oxygen atoms in total. The Labute approximate surface area is 114 Å². The molecule has 0 saturated carbocycles. The van der Waals surface area contributed by atoms with Crippen LogP contribution in [0.3, 0.4) is 0 Å². The largest absolute Gasteiger partial charge is 0.475 e. The van der Waals surface area contributed by atoms with Crippen LogP contribution in [0.4, 0.5) is 5.82 Å². The molecule has 1 aromatic rings. The van der Waals surface area contributed by atoms with E-state index in [4.69, 9.17) is 14.2 Å². The summed E-state index contributed by atoms with van der Waals surface area (Å²) in [7, 11) is 1.64. The number of ether oxygens (including phenoxy) is 3. The quantitative estimate of drug-likeness (QED) is 0.652. The SMILES string of the molecule is CCOCCCNc1cc(OCCOC)nc(C)n1. The first kappa shape index (κ1) is 15.7. The Hall–Kier alpha value is -1.40. The van der Waals surface area contributed by atoms with Crippen LogP contribution in [0.15, 0.2) is 6.07 Å². The zero-order chi connectivity index (χ0) is 13.9. The van der Waals surface area contributed by atoms with E-state index in [2.05, 4.69) is 15.3 Å². The minimum absolute atomic E-state index is 0.483. The Morgan fingerprint density at radius 1 is 1.21 bits per heavy atom. The summed E-state index contributed by atoms with van der Waals surface area (Å²) in [6.45, 7) is 7.18. The fourth-order valence-electron chi connectivity index (χ4n) is 1.47. The van der Waals surface area contributed by atoms with Crippen molar-refractivity contribution in [3.05, 3.63) is 11.9 Å². The molecular formula is C13H23N3O3. The minimum Gasteiger partial charge on any atom is -0.475 e. The Kier molecular flexibility index (Phi) is 7.84. The standard InChI is InChI=1S/C13H23N3O3/c1-4-18-7-5-6-14-12-10-13(16-11(2)15-12)19-9-8-17-3/h10H,4-9H2,1-3H3,(H,14,15,16). The van der Waals surface area contributed by atoms with Gasteiger partial charge in [0.25, 0.3) is 0 Å². The smallest absolute Gasteiger partial charge is 0.218 e. The second kappa shape index (κ2) is 9.52. The normalized spacial score (nSPS) is 10.5. The van der Waals surface area contributed by atoms with Gasteiger partial charge >= 0.3 is 0 Å². The number of anilines is 1. The molecule has 6 heteroatoms. The van der Waals surface area contributed by atoms with Crippen LogP contribution >= 0.6 is 0 Å². The summed E-state index contributed by atoms with van der Waals surface area (Å²) in [5, 5.41) is 3.23. The van der Waals surface area contributed by atoms with Gasteiger partial charge in [0, 0.05) is 32.9 Å². The lowest BCUT2D eigenvalue weighted by Crippen LogP contribution is -2.10. The van der Waals surface area contributed by atoms with Gasteiger partial charge in [-0.05, 0) is 20.3 Å². The zero-order valence-corrected chi connectivity index (χ0v) is 11.9. The van der Waals surface area contributed by atoms with Gasteiger partial charge in [-0.25, -0.2) is 4.98 Å². The summed E-state index contributed by atoms with van der Waals surface area (Å²) in [4.78, 5) is 8.52. The maximum Gasteiger partial charge on any atom is 0.218 e. The van der Waals surface area contributed by atoms with Gasteiger partial charge in [0.05, 0.1) is 6.61 Å². The average Bonchev–Trinajstić information content (AvgIpc) is 2.38. The van der Waals surface area contributed by atoms with Crippen molar-refractivity contribution in [1.29, 1.82) is 0 Å². The van der Waals surface area contributed by atoms with Crippen molar-refractivity contribution >= 4 is 5.82 Å². The predicted molar refractivity (Wildman–Crippen MR) is 73.7 cm³/mol. The lowest BCUT2D eigenvalue weighted by molar-refractivity contribution is 0.143. The highest BCUT2D eigenvalue weighted by molar-refractivity contribution is 5.38. The summed E-state index contributed by atoms with van der Waals surface area (Å²) < 4.78 is 15.7. The fourth-order valence-corrected chi connectivity index (χ4v) is 1.47. The van der Waals surface area contributed by atoms with Crippen LogP contribution in [0.2, 0.25) is 0 Å². The van der Waals surface area contributed by atoms with Crippen molar-refractivity contribution in [3.63, 3.8) is 0 Å². The number of methoxy groups -OCH3 is 1. The number of hydrogen-bond donors (Lipinski definition) is 1. The van der Waals surface area contributed by atoms with E-state index in [0.29, 0.717) is 24.9 Å². The van der Waals surface area contributed by atoms with E-state index >= 15 is 0 Å². The van der Waals surface area contributed by atoms with Crippen molar-refractivity contribution in [2.24, 2.45) is 0 Å². The summed E-state index contributed by atoms with van der Waals surface area (Å²) in [6.07, 6.45) is 0.941. The molecule has 0 aliphatic heterocycles. The molecule has 1 N–H and O–H groups in total. The van der Waals surface area contributed by atoms with Crippen LogP contribution in [-0.4, -0.2) is 50.1 Å². The monoisotopic (exact) mass is 269 g/mol. The molecule has 0 radical (unpaired) electrons. The van der Waals surface area contributed by atoms with Crippen LogP contribution in [0.5, 0.6) is 5.88 Å². The lowest BCUT2D eigenvalue weighted by atomic mass is 10.4. The van der Waals surface area contributed by atoms with Gasteiger partial charge in [-0.2, -0.15) is 4.98 Å². The predicted octanol–water partition coefficient (Wildman–Crippen LogP) is 1.65. The third kappa shape index (κ3) is 6.93. The first-order chi connectivity index (χ1) is 9.26. The second-order valence-electron chi connectivity index (χ2n) is 3.96. The van der Waals surface area contributed by atoms with Crippen LogP contribution in [0.1, 0.15) is 19.2 Å². The van der Waals surface area contributed by atoms with E-state index in [1.54, 1.807) is 13.2 Å². The van der Waals surface area contributed by atoms with Gasteiger partial charge in [-0.3, -0.25) is 0 Å². The molecule has 0 saturated heterocycles. The third-order valence-corrected chi connectivity index (χ3v) is 2.33. The van der Waals surface area contributed by atoms with Crippen molar-refractivity contribution in [2.45, 2.75) is 20.3 Å². The summed E-state index contributed by atoms with van der Waals surface area (Å²) >= 11 is 0. The first-order valence-electron chi connectivity index (χ1n) is 6.55. The Balaban J connectivity index is 2.39. The number of hydrogen-bond acceptors (Lipinski definition) is 6. The van der Waals surface area contributed by atoms with Crippen LogP contribution in [0.25, 0.3) is 0 Å². The van der Waals surface area contributed by atoms with Crippen LogP contribution in [-0.2, 0) is 9.47 Å². The number of aryl methyl sites for hydroxylation is 1. The highest BCUT2D eigenvalue weighted by Gasteiger charge is 2.02. The molecule has 1 aromatic heterocycles. The van der Waals surface area contributed by atoms with Gasteiger partial charge in [-0.15, -0.1) is 0 Å². The number of nitrogens with zero attached hydrogens (tertiary/aromatic N) is 2. The number of rotatable bonds is 10. The topological polar surface area (TPSA) is 65.5 Å². The molecule has 1 rings (SSSR count). The zero-order valence-electron chi connectivity index (χ0n) is 11.9.